The van der Waals surface area contributed by atoms with Gasteiger partial charge in [-0.05, 0) is 18.6 Å². The average Bonchev–Trinajstić information content (AvgIpc) is 2.94. The number of nitrogens with one attached hydrogen (secondary N) is 1. The van der Waals surface area contributed by atoms with Crippen LogP contribution in [0.1, 0.15) is 12.8 Å². The van der Waals surface area contributed by atoms with E-state index in [1.807, 2.05) is 29.2 Å². The lowest BCUT2D eigenvalue weighted by Gasteiger charge is -2.37. The van der Waals surface area contributed by atoms with Crippen LogP contribution < -0.4 is 10.2 Å². The molecule has 0 aromatic heterocycles. The van der Waals surface area contributed by atoms with Crippen molar-refractivity contribution in [1.29, 1.82) is 0 Å². The van der Waals surface area contributed by atoms with Crippen LogP contribution in [0.2, 0.25) is 5.02 Å². The molecule has 6 heteroatoms. The van der Waals surface area contributed by atoms with E-state index in [-0.39, 0.29) is 17.9 Å². The molecular weight excluding hydrogens is 290 g/mol. The summed E-state index contributed by atoms with van der Waals surface area (Å²) in [5, 5.41) is 3.47. The summed E-state index contributed by atoms with van der Waals surface area (Å²) in [5.41, 5.74) is 1.01. The van der Waals surface area contributed by atoms with Gasteiger partial charge in [-0.25, -0.2) is 0 Å². The SMILES string of the molecule is O=C1CCC(C(=O)N2CCN(c3ccccc3Cl)CC2)N1. The van der Waals surface area contributed by atoms with Crippen LogP contribution in [-0.4, -0.2) is 48.9 Å². The number of piperazine rings is 1. The highest BCUT2D eigenvalue weighted by Crippen LogP contribution is 2.26. The van der Waals surface area contributed by atoms with Crippen molar-refractivity contribution in [2.75, 3.05) is 31.1 Å². The second kappa shape index (κ2) is 5.93. The number of carbonyl (C=O) groups excluding carboxylic acids is 2. The molecule has 2 fully saturated rings. The second-order valence-corrected chi connectivity index (χ2v) is 5.83. The smallest absolute Gasteiger partial charge is 0.245 e. The number of halogens is 1. The molecule has 1 atom stereocenters. The van der Waals surface area contributed by atoms with Gasteiger partial charge in [-0.2, -0.15) is 0 Å². The van der Waals surface area contributed by atoms with E-state index in [2.05, 4.69) is 10.2 Å². The topological polar surface area (TPSA) is 52.7 Å². The summed E-state index contributed by atoms with van der Waals surface area (Å²) in [7, 11) is 0. The van der Waals surface area contributed by atoms with Crippen LogP contribution in [0.5, 0.6) is 0 Å². The summed E-state index contributed by atoms with van der Waals surface area (Å²) in [6.45, 7) is 2.85. The third kappa shape index (κ3) is 2.97. The molecule has 0 spiro atoms. The van der Waals surface area contributed by atoms with Gasteiger partial charge in [-0.15, -0.1) is 0 Å². The molecule has 1 N–H and O–H groups in total. The van der Waals surface area contributed by atoms with Crippen molar-refractivity contribution in [1.82, 2.24) is 10.2 Å². The number of nitrogens with zero attached hydrogens (tertiary/aromatic N) is 2. The van der Waals surface area contributed by atoms with E-state index in [0.717, 1.165) is 23.8 Å². The Morgan fingerprint density at radius 2 is 1.90 bits per heavy atom. The van der Waals surface area contributed by atoms with E-state index < -0.39 is 0 Å². The number of benzene rings is 1. The molecule has 21 heavy (non-hydrogen) atoms. The minimum atomic E-state index is -0.329. The van der Waals surface area contributed by atoms with Crippen molar-refractivity contribution < 1.29 is 9.59 Å². The van der Waals surface area contributed by atoms with E-state index in [0.29, 0.717) is 25.9 Å². The normalized spacial score (nSPS) is 22.3. The Labute approximate surface area is 128 Å². The molecule has 2 amide bonds. The number of para-hydroxylation sites is 1. The lowest BCUT2D eigenvalue weighted by Crippen LogP contribution is -2.53. The van der Waals surface area contributed by atoms with Crippen molar-refractivity contribution in [3.63, 3.8) is 0 Å². The van der Waals surface area contributed by atoms with Crippen LogP contribution >= 0.6 is 11.6 Å². The Morgan fingerprint density at radius 3 is 2.52 bits per heavy atom. The zero-order valence-corrected chi connectivity index (χ0v) is 12.5. The van der Waals surface area contributed by atoms with Gasteiger partial charge in [-0.3, -0.25) is 9.59 Å². The Hall–Kier alpha value is -1.75. The van der Waals surface area contributed by atoms with Crippen molar-refractivity contribution in [2.45, 2.75) is 18.9 Å². The Bertz CT molecular complexity index is 556. The molecule has 1 aromatic rings. The van der Waals surface area contributed by atoms with Crippen molar-refractivity contribution in [3.8, 4) is 0 Å². The molecule has 112 valence electrons. The fourth-order valence-corrected chi connectivity index (χ4v) is 3.15. The molecule has 3 rings (SSSR count). The van der Waals surface area contributed by atoms with Gasteiger partial charge in [0.15, 0.2) is 0 Å². The summed E-state index contributed by atoms with van der Waals surface area (Å²) in [6, 6.07) is 7.42. The molecular formula is C15H18ClN3O2. The third-order valence-electron chi connectivity index (χ3n) is 4.08. The Kier molecular flexibility index (Phi) is 4.01. The standard InChI is InChI=1S/C15H18ClN3O2/c16-11-3-1-2-4-13(11)18-7-9-19(10-8-18)15(21)12-5-6-14(20)17-12/h1-4,12H,5-10H2,(H,17,20). The highest BCUT2D eigenvalue weighted by Gasteiger charge is 2.32. The van der Waals surface area contributed by atoms with Crippen LogP contribution in [-0.2, 0) is 9.59 Å². The molecule has 2 aliphatic heterocycles. The molecule has 0 aliphatic carbocycles. The molecule has 0 saturated carbocycles. The lowest BCUT2D eigenvalue weighted by atomic mass is 10.1. The van der Waals surface area contributed by atoms with E-state index in [1.165, 1.54) is 0 Å². The Balaban J connectivity index is 1.59. The van der Waals surface area contributed by atoms with E-state index in [4.69, 9.17) is 11.6 Å². The lowest BCUT2D eigenvalue weighted by molar-refractivity contribution is -0.134. The number of hydrogen-bond acceptors (Lipinski definition) is 3. The fraction of sp³-hybridized carbons (Fsp3) is 0.467. The largest absolute Gasteiger partial charge is 0.367 e. The van der Waals surface area contributed by atoms with E-state index >= 15 is 0 Å². The van der Waals surface area contributed by atoms with Gasteiger partial charge in [-0.1, -0.05) is 23.7 Å². The van der Waals surface area contributed by atoms with Gasteiger partial charge >= 0.3 is 0 Å². The highest BCUT2D eigenvalue weighted by atomic mass is 35.5. The number of carbonyl (C=O) groups is 2. The number of amides is 2. The first-order valence-electron chi connectivity index (χ1n) is 7.23. The monoisotopic (exact) mass is 307 g/mol. The molecule has 1 aromatic carbocycles. The minimum Gasteiger partial charge on any atom is -0.367 e. The summed E-state index contributed by atoms with van der Waals surface area (Å²) in [5.74, 6) is 0.0164. The third-order valence-corrected chi connectivity index (χ3v) is 4.40. The molecule has 0 bridgehead atoms. The Morgan fingerprint density at radius 1 is 1.19 bits per heavy atom. The first-order valence-corrected chi connectivity index (χ1v) is 7.60. The van der Waals surface area contributed by atoms with Crippen LogP contribution in [0, 0.1) is 0 Å². The van der Waals surface area contributed by atoms with Crippen LogP contribution in [0.15, 0.2) is 24.3 Å². The second-order valence-electron chi connectivity index (χ2n) is 5.42. The van der Waals surface area contributed by atoms with Crippen molar-refractivity contribution in [2.24, 2.45) is 0 Å². The number of hydrogen-bond donors (Lipinski definition) is 1. The zero-order valence-electron chi connectivity index (χ0n) is 11.7. The van der Waals surface area contributed by atoms with Crippen LogP contribution in [0.4, 0.5) is 5.69 Å². The molecule has 1 unspecified atom stereocenters. The molecule has 2 heterocycles. The number of rotatable bonds is 2. The maximum absolute atomic E-state index is 12.3. The fourth-order valence-electron chi connectivity index (χ4n) is 2.90. The van der Waals surface area contributed by atoms with Crippen LogP contribution in [0.3, 0.4) is 0 Å². The van der Waals surface area contributed by atoms with Gasteiger partial charge in [0.1, 0.15) is 6.04 Å². The first-order chi connectivity index (χ1) is 10.1. The average molecular weight is 308 g/mol. The molecule has 5 nitrogen and oxygen atoms in total. The van der Waals surface area contributed by atoms with E-state index in [9.17, 15) is 9.59 Å². The summed E-state index contributed by atoms with van der Waals surface area (Å²) < 4.78 is 0. The maximum Gasteiger partial charge on any atom is 0.245 e. The van der Waals surface area contributed by atoms with E-state index in [1.54, 1.807) is 0 Å². The van der Waals surface area contributed by atoms with Gasteiger partial charge < -0.3 is 15.1 Å². The predicted octanol–water partition coefficient (Wildman–Crippen LogP) is 1.27. The summed E-state index contributed by atoms with van der Waals surface area (Å²) in [6.07, 6.45) is 1.07. The highest BCUT2D eigenvalue weighted by molar-refractivity contribution is 6.33. The molecule has 2 aliphatic rings. The van der Waals surface area contributed by atoms with Gasteiger partial charge in [0.25, 0.3) is 0 Å². The van der Waals surface area contributed by atoms with Crippen molar-refractivity contribution in [3.05, 3.63) is 29.3 Å². The molecule has 0 radical (unpaired) electrons. The van der Waals surface area contributed by atoms with Crippen LogP contribution in [0.25, 0.3) is 0 Å². The summed E-state index contributed by atoms with van der Waals surface area (Å²) >= 11 is 6.21. The predicted molar refractivity (Wildman–Crippen MR) is 81.4 cm³/mol. The summed E-state index contributed by atoms with van der Waals surface area (Å²) in [4.78, 5) is 27.6. The number of anilines is 1. The van der Waals surface area contributed by atoms with Gasteiger partial charge in [0.2, 0.25) is 11.8 Å². The van der Waals surface area contributed by atoms with Gasteiger partial charge in [0.05, 0.1) is 10.7 Å². The first kappa shape index (κ1) is 14.2. The van der Waals surface area contributed by atoms with Gasteiger partial charge in [0, 0.05) is 32.6 Å². The minimum absolute atomic E-state index is 0.0250. The maximum atomic E-state index is 12.3. The quantitative estimate of drug-likeness (QED) is 0.895. The molecule has 2 saturated heterocycles. The zero-order chi connectivity index (χ0) is 14.8. The van der Waals surface area contributed by atoms with Crippen molar-refractivity contribution >= 4 is 29.1 Å².